The van der Waals surface area contributed by atoms with Crippen LogP contribution in [0.1, 0.15) is 51.5 Å². The summed E-state index contributed by atoms with van der Waals surface area (Å²) < 4.78 is 14.1. The van der Waals surface area contributed by atoms with Crippen molar-refractivity contribution in [2.45, 2.75) is 52.5 Å². The molecular formula is C18H29FN2. The zero-order valence-electron chi connectivity index (χ0n) is 13.5. The fourth-order valence-corrected chi connectivity index (χ4v) is 2.85. The van der Waals surface area contributed by atoms with Gasteiger partial charge in [-0.2, -0.15) is 0 Å². The Bertz CT molecular complexity index is 423. The third-order valence-corrected chi connectivity index (χ3v) is 4.18. The molecule has 1 aromatic rings. The average Bonchev–Trinajstić information content (AvgIpc) is 2.74. The second-order valence-corrected chi connectivity index (χ2v) is 6.55. The van der Waals surface area contributed by atoms with Crippen LogP contribution in [-0.2, 0) is 6.54 Å². The first-order chi connectivity index (χ1) is 10.2. The first-order valence-electron chi connectivity index (χ1n) is 8.41. The smallest absolute Gasteiger partial charge is 0.146 e. The van der Waals surface area contributed by atoms with E-state index in [2.05, 4.69) is 24.1 Å². The minimum Gasteiger partial charge on any atom is -0.369 e. The van der Waals surface area contributed by atoms with Gasteiger partial charge in [-0.15, -0.1) is 0 Å². The van der Waals surface area contributed by atoms with Crippen LogP contribution in [0.5, 0.6) is 0 Å². The highest BCUT2D eigenvalue weighted by atomic mass is 19.1. The Kier molecular flexibility index (Phi) is 6.50. The number of halogens is 1. The van der Waals surface area contributed by atoms with Gasteiger partial charge in [0.05, 0.1) is 5.69 Å². The molecule has 118 valence electrons. The van der Waals surface area contributed by atoms with Crippen LogP contribution in [0.15, 0.2) is 18.2 Å². The molecule has 2 nitrogen and oxygen atoms in total. The maximum absolute atomic E-state index is 14.1. The minimum atomic E-state index is -0.0807. The molecule has 1 N–H and O–H groups in total. The summed E-state index contributed by atoms with van der Waals surface area (Å²) in [5, 5.41) is 3.45. The van der Waals surface area contributed by atoms with E-state index in [1.807, 2.05) is 12.1 Å². The van der Waals surface area contributed by atoms with E-state index in [1.54, 1.807) is 6.07 Å². The molecule has 0 atom stereocenters. The van der Waals surface area contributed by atoms with Crippen LogP contribution >= 0.6 is 0 Å². The second-order valence-electron chi connectivity index (χ2n) is 6.55. The molecule has 1 heterocycles. The second kappa shape index (κ2) is 8.38. The molecule has 0 saturated carbocycles. The van der Waals surface area contributed by atoms with Gasteiger partial charge in [-0.3, -0.25) is 0 Å². The Morgan fingerprint density at radius 3 is 2.52 bits per heavy atom. The lowest BCUT2D eigenvalue weighted by atomic mass is 10.1. The molecule has 0 bridgehead atoms. The van der Waals surface area contributed by atoms with Crippen molar-refractivity contribution >= 4 is 5.69 Å². The molecule has 2 rings (SSSR count). The molecule has 21 heavy (non-hydrogen) atoms. The lowest BCUT2D eigenvalue weighted by molar-refractivity contribution is 0.537. The number of anilines is 1. The van der Waals surface area contributed by atoms with Gasteiger partial charge in [-0.25, -0.2) is 4.39 Å². The van der Waals surface area contributed by atoms with Crippen molar-refractivity contribution < 1.29 is 4.39 Å². The number of rotatable bonds is 6. The molecule has 0 spiro atoms. The zero-order valence-corrected chi connectivity index (χ0v) is 13.5. The van der Waals surface area contributed by atoms with Gasteiger partial charge in [-0.05, 0) is 49.4 Å². The van der Waals surface area contributed by atoms with Crippen LogP contribution < -0.4 is 10.2 Å². The lowest BCUT2D eigenvalue weighted by Gasteiger charge is -2.24. The standard InChI is InChI=1S/C18H29FN2/c1-15(2)9-10-20-14-16-7-8-17(19)18(13-16)21-11-5-3-4-6-12-21/h7-8,13,15,20H,3-6,9-12,14H2,1-2H3. The highest BCUT2D eigenvalue weighted by Crippen LogP contribution is 2.24. The Balaban J connectivity index is 1.95. The molecule has 0 amide bonds. The van der Waals surface area contributed by atoms with Crippen molar-refractivity contribution in [3.8, 4) is 0 Å². The quantitative estimate of drug-likeness (QED) is 0.785. The molecule has 1 aromatic carbocycles. The summed E-state index contributed by atoms with van der Waals surface area (Å²) in [5.41, 5.74) is 1.97. The maximum Gasteiger partial charge on any atom is 0.146 e. The summed E-state index contributed by atoms with van der Waals surface area (Å²) >= 11 is 0. The summed E-state index contributed by atoms with van der Waals surface area (Å²) in [6, 6.07) is 5.56. The molecule has 1 aliphatic rings. The number of benzene rings is 1. The van der Waals surface area contributed by atoms with Crippen LogP contribution in [0.4, 0.5) is 10.1 Å². The largest absolute Gasteiger partial charge is 0.369 e. The van der Waals surface area contributed by atoms with Crippen molar-refractivity contribution in [3.63, 3.8) is 0 Å². The minimum absolute atomic E-state index is 0.0807. The van der Waals surface area contributed by atoms with E-state index in [1.165, 1.54) is 37.7 Å². The summed E-state index contributed by atoms with van der Waals surface area (Å²) in [5.74, 6) is 0.640. The van der Waals surface area contributed by atoms with Gasteiger partial charge in [0.25, 0.3) is 0 Å². The molecule has 0 aromatic heterocycles. The maximum atomic E-state index is 14.1. The number of nitrogens with one attached hydrogen (secondary N) is 1. The summed E-state index contributed by atoms with van der Waals surface area (Å²) in [4.78, 5) is 2.22. The van der Waals surface area contributed by atoms with E-state index in [0.717, 1.165) is 37.8 Å². The highest BCUT2D eigenvalue weighted by Gasteiger charge is 2.14. The van der Waals surface area contributed by atoms with Crippen LogP contribution in [0.25, 0.3) is 0 Å². The molecule has 0 aliphatic carbocycles. The summed E-state index contributed by atoms with van der Waals surface area (Å²) in [6.07, 6.45) is 6.08. The Morgan fingerprint density at radius 1 is 1.14 bits per heavy atom. The first kappa shape index (κ1) is 16.3. The van der Waals surface area contributed by atoms with Gasteiger partial charge in [0.2, 0.25) is 0 Å². The molecular weight excluding hydrogens is 263 g/mol. The van der Waals surface area contributed by atoms with E-state index >= 15 is 0 Å². The van der Waals surface area contributed by atoms with Gasteiger partial charge in [0, 0.05) is 19.6 Å². The van der Waals surface area contributed by atoms with Crippen molar-refractivity contribution in [2.24, 2.45) is 5.92 Å². The molecule has 3 heteroatoms. The molecule has 1 aliphatic heterocycles. The first-order valence-corrected chi connectivity index (χ1v) is 8.41. The molecule has 1 saturated heterocycles. The SMILES string of the molecule is CC(C)CCNCc1ccc(F)c(N2CCCCCC2)c1. The van der Waals surface area contributed by atoms with Gasteiger partial charge in [0.15, 0.2) is 0 Å². The average molecular weight is 292 g/mol. The van der Waals surface area contributed by atoms with Gasteiger partial charge in [-0.1, -0.05) is 32.8 Å². The van der Waals surface area contributed by atoms with Crippen molar-refractivity contribution in [1.29, 1.82) is 0 Å². The van der Waals surface area contributed by atoms with Crippen LogP contribution in [0, 0.1) is 11.7 Å². The number of hydrogen-bond acceptors (Lipinski definition) is 2. The topological polar surface area (TPSA) is 15.3 Å². The predicted octanol–water partition coefficient (Wildman–Crippen LogP) is 4.34. The fourth-order valence-electron chi connectivity index (χ4n) is 2.85. The zero-order chi connectivity index (χ0) is 15.1. The Hall–Kier alpha value is -1.09. The lowest BCUT2D eigenvalue weighted by Crippen LogP contribution is -2.25. The molecule has 0 radical (unpaired) electrons. The van der Waals surface area contributed by atoms with Crippen LogP contribution in [-0.4, -0.2) is 19.6 Å². The van der Waals surface area contributed by atoms with Crippen LogP contribution in [0.3, 0.4) is 0 Å². The summed E-state index contributed by atoms with van der Waals surface area (Å²) in [6.45, 7) is 8.29. The van der Waals surface area contributed by atoms with Crippen molar-refractivity contribution in [2.75, 3.05) is 24.5 Å². The van der Waals surface area contributed by atoms with Gasteiger partial charge in [0.1, 0.15) is 5.82 Å². The normalized spacial score (nSPS) is 16.3. The highest BCUT2D eigenvalue weighted by molar-refractivity contribution is 5.50. The van der Waals surface area contributed by atoms with E-state index in [4.69, 9.17) is 0 Å². The Morgan fingerprint density at radius 2 is 1.86 bits per heavy atom. The molecule has 1 fully saturated rings. The van der Waals surface area contributed by atoms with E-state index in [-0.39, 0.29) is 5.82 Å². The predicted molar refractivity (Wildman–Crippen MR) is 88.2 cm³/mol. The third-order valence-electron chi connectivity index (χ3n) is 4.18. The third kappa shape index (κ3) is 5.31. The van der Waals surface area contributed by atoms with Crippen molar-refractivity contribution in [3.05, 3.63) is 29.6 Å². The van der Waals surface area contributed by atoms with E-state index < -0.39 is 0 Å². The fraction of sp³-hybridized carbons (Fsp3) is 0.667. The van der Waals surface area contributed by atoms with E-state index in [9.17, 15) is 4.39 Å². The summed E-state index contributed by atoms with van der Waals surface area (Å²) in [7, 11) is 0. The van der Waals surface area contributed by atoms with Gasteiger partial charge < -0.3 is 10.2 Å². The van der Waals surface area contributed by atoms with Crippen molar-refractivity contribution in [1.82, 2.24) is 5.32 Å². The molecule has 0 unspecified atom stereocenters. The number of hydrogen-bond donors (Lipinski definition) is 1. The monoisotopic (exact) mass is 292 g/mol. The Labute approximate surface area is 128 Å². The number of nitrogens with zero attached hydrogens (tertiary/aromatic N) is 1. The van der Waals surface area contributed by atoms with E-state index in [0.29, 0.717) is 0 Å². The van der Waals surface area contributed by atoms with Crippen LogP contribution in [0.2, 0.25) is 0 Å². The van der Waals surface area contributed by atoms with Gasteiger partial charge >= 0.3 is 0 Å².